The monoisotopic (exact) mass is 466 g/mol. The second kappa shape index (κ2) is 7.88. The van der Waals surface area contributed by atoms with Crippen molar-refractivity contribution in [1.82, 2.24) is 9.21 Å². The van der Waals surface area contributed by atoms with Crippen LogP contribution < -0.4 is 9.47 Å². The molecule has 33 heavy (non-hydrogen) atoms. The molecule has 8 heteroatoms. The predicted molar refractivity (Wildman–Crippen MR) is 122 cm³/mol. The van der Waals surface area contributed by atoms with Gasteiger partial charge in [0, 0.05) is 32.2 Å². The largest absolute Gasteiger partial charge is 0.486 e. The first-order chi connectivity index (χ1) is 16.0. The van der Waals surface area contributed by atoms with Gasteiger partial charge < -0.3 is 14.4 Å². The summed E-state index contributed by atoms with van der Waals surface area (Å²) >= 11 is 0. The van der Waals surface area contributed by atoms with Crippen molar-refractivity contribution in [1.29, 1.82) is 0 Å². The molecule has 0 aromatic heterocycles. The molecule has 1 fully saturated rings. The summed E-state index contributed by atoms with van der Waals surface area (Å²) in [6, 6.07) is 14.8. The lowest BCUT2D eigenvalue weighted by Gasteiger charge is -2.27. The number of nitrogens with zero attached hydrogens (tertiary/aromatic N) is 2. The average Bonchev–Trinajstić information content (AvgIpc) is 3.44. The molecular weight excluding hydrogens is 440 g/mol. The van der Waals surface area contributed by atoms with Gasteiger partial charge in [0.05, 0.1) is 10.8 Å². The zero-order valence-electron chi connectivity index (χ0n) is 18.3. The lowest BCUT2D eigenvalue weighted by molar-refractivity contribution is -0.132. The maximum absolute atomic E-state index is 13.4. The molecule has 3 heterocycles. The van der Waals surface area contributed by atoms with Crippen LogP contribution in [0.5, 0.6) is 11.5 Å². The number of hydrogen-bond donors (Lipinski definition) is 0. The third-order valence-corrected chi connectivity index (χ3v) is 8.77. The summed E-state index contributed by atoms with van der Waals surface area (Å²) in [6.45, 7) is 2.55. The number of carbonyl (C=O) groups is 1. The smallest absolute Gasteiger partial charge is 0.243 e. The molecule has 0 radical (unpaired) electrons. The SMILES string of the molecule is O=C(C(c1ccccc1)C1CC1)N1CC2=C(C1)CN(S(=O)(=O)c1ccc3c(c1)OCCO3)C2. The second-order valence-corrected chi connectivity index (χ2v) is 11.1. The number of rotatable bonds is 5. The van der Waals surface area contributed by atoms with Crippen LogP contribution >= 0.6 is 0 Å². The first-order valence-corrected chi connectivity index (χ1v) is 12.9. The van der Waals surface area contributed by atoms with Crippen molar-refractivity contribution in [2.24, 2.45) is 5.92 Å². The predicted octanol–water partition coefficient (Wildman–Crippen LogP) is 2.79. The topological polar surface area (TPSA) is 76.2 Å². The molecule has 2 aromatic rings. The molecule has 0 N–H and O–H groups in total. The quantitative estimate of drug-likeness (QED) is 0.634. The van der Waals surface area contributed by atoms with Gasteiger partial charge in [0.2, 0.25) is 15.9 Å². The molecule has 1 amide bonds. The van der Waals surface area contributed by atoms with Crippen LogP contribution in [0, 0.1) is 5.92 Å². The van der Waals surface area contributed by atoms with E-state index in [1.165, 1.54) is 4.31 Å². The molecule has 1 unspecified atom stereocenters. The van der Waals surface area contributed by atoms with Crippen molar-refractivity contribution in [3.8, 4) is 11.5 Å². The molecule has 7 nitrogen and oxygen atoms in total. The van der Waals surface area contributed by atoms with Gasteiger partial charge in [-0.1, -0.05) is 30.3 Å². The Bertz CT molecular complexity index is 1220. The summed E-state index contributed by atoms with van der Waals surface area (Å²) < 4.78 is 39.1. The molecule has 0 spiro atoms. The maximum Gasteiger partial charge on any atom is 0.243 e. The standard InChI is InChI=1S/C25H26N2O5S/c28-25(24(18-6-7-18)17-4-2-1-3-5-17)26-13-19-15-27(16-20(19)14-26)33(29,30)21-8-9-22-23(12-21)32-11-10-31-22/h1-5,8-9,12,18,24H,6-7,10-11,13-16H2. The molecule has 1 aliphatic carbocycles. The Hall–Kier alpha value is -2.84. The molecule has 3 aliphatic heterocycles. The number of sulfonamides is 1. The van der Waals surface area contributed by atoms with E-state index in [1.807, 2.05) is 35.2 Å². The lowest BCUT2D eigenvalue weighted by Crippen LogP contribution is -2.39. The van der Waals surface area contributed by atoms with Gasteiger partial charge in [-0.25, -0.2) is 8.42 Å². The Kier molecular flexibility index (Phi) is 4.96. The number of hydrogen-bond acceptors (Lipinski definition) is 5. The molecule has 1 saturated carbocycles. The van der Waals surface area contributed by atoms with Crippen LogP contribution in [-0.2, 0) is 14.8 Å². The lowest BCUT2D eigenvalue weighted by atomic mass is 9.92. The van der Waals surface area contributed by atoms with Gasteiger partial charge in [-0.15, -0.1) is 0 Å². The summed E-state index contributed by atoms with van der Waals surface area (Å²) in [7, 11) is -3.66. The van der Waals surface area contributed by atoms with Crippen LogP contribution in [0.25, 0.3) is 0 Å². The summed E-state index contributed by atoms with van der Waals surface area (Å²) in [4.78, 5) is 15.6. The number of benzene rings is 2. The zero-order chi connectivity index (χ0) is 22.6. The fraction of sp³-hybridized carbons (Fsp3) is 0.400. The van der Waals surface area contributed by atoms with Crippen molar-refractivity contribution in [3.63, 3.8) is 0 Å². The minimum absolute atomic E-state index is 0.0937. The van der Waals surface area contributed by atoms with E-state index in [9.17, 15) is 13.2 Å². The minimum atomic E-state index is -3.66. The fourth-order valence-electron chi connectivity index (χ4n) is 5.11. The van der Waals surface area contributed by atoms with E-state index in [-0.39, 0.29) is 16.7 Å². The Balaban J connectivity index is 1.15. The highest BCUT2D eigenvalue weighted by Crippen LogP contribution is 2.44. The van der Waals surface area contributed by atoms with Gasteiger partial charge in [0.15, 0.2) is 11.5 Å². The molecule has 4 aliphatic rings. The van der Waals surface area contributed by atoms with Crippen molar-refractivity contribution >= 4 is 15.9 Å². The van der Waals surface area contributed by atoms with Crippen molar-refractivity contribution in [3.05, 3.63) is 65.2 Å². The fourth-order valence-corrected chi connectivity index (χ4v) is 6.55. The van der Waals surface area contributed by atoms with Crippen molar-refractivity contribution in [2.75, 3.05) is 39.4 Å². The van der Waals surface area contributed by atoms with E-state index in [0.717, 1.165) is 29.6 Å². The summed E-state index contributed by atoms with van der Waals surface area (Å²) in [5, 5.41) is 0. The maximum atomic E-state index is 13.4. The van der Waals surface area contributed by atoms with E-state index < -0.39 is 10.0 Å². The zero-order valence-corrected chi connectivity index (χ0v) is 19.1. The van der Waals surface area contributed by atoms with Gasteiger partial charge in [0.25, 0.3) is 0 Å². The number of carbonyl (C=O) groups excluding carboxylic acids is 1. The summed E-state index contributed by atoms with van der Waals surface area (Å²) in [6.07, 6.45) is 2.18. The summed E-state index contributed by atoms with van der Waals surface area (Å²) in [5.74, 6) is 1.52. The van der Waals surface area contributed by atoms with E-state index >= 15 is 0 Å². The molecule has 0 saturated heterocycles. The Morgan fingerprint density at radius 3 is 2.21 bits per heavy atom. The van der Waals surface area contributed by atoms with E-state index in [1.54, 1.807) is 18.2 Å². The number of amides is 1. The van der Waals surface area contributed by atoms with Crippen LogP contribution in [-0.4, -0.2) is 62.9 Å². The van der Waals surface area contributed by atoms with Gasteiger partial charge in [-0.2, -0.15) is 4.31 Å². The molecule has 1 atom stereocenters. The first-order valence-electron chi connectivity index (χ1n) is 11.4. The highest BCUT2D eigenvalue weighted by Gasteiger charge is 2.43. The average molecular weight is 467 g/mol. The van der Waals surface area contributed by atoms with Crippen LogP contribution in [0.3, 0.4) is 0 Å². The third-order valence-electron chi connectivity index (χ3n) is 6.98. The van der Waals surface area contributed by atoms with E-state index in [2.05, 4.69) is 0 Å². The van der Waals surface area contributed by atoms with Crippen LogP contribution in [0.4, 0.5) is 0 Å². The summed E-state index contributed by atoms with van der Waals surface area (Å²) in [5.41, 5.74) is 3.18. The third kappa shape index (κ3) is 3.71. The molecule has 172 valence electrons. The van der Waals surface area contributed by atoms with Gasteiger partial charge in [-0.05, 0) is 47.6 Å². The highest BCUT2D eigenvalue weighted by molar-refractivity contribution is 7.89. The molecule has 0 bridgehead atoms. The van der Waals surface area contributed by atoms with Gasteiger partial charge >= 0.3 is 0 Å². The minimum Gasteiger partial charge on any atom is -0.486 e. The second-order valence-electron chi connectivity index (χ2n) is 9.21. The number of ether oxygens (including phenoxy) is 2. The van der Waals surface area contributed by atoms with Crippen LogP contribution in [0.2, 0.25) is 0 Å². The first kappa shape index (κ1) is 20.7. The Labute approximate surface area is 193 Å². The van der Waals surface area contributed by atoms with Crippen molar-refractivity contribution in [2.45, 2.75) is 23.7 Å². The highest BCUT2D eigenvalue weighted by atomic mass is 32.2. The van der Waals surface area contributed by atoms with E-state index in [4.69, 9.17) is 9.47 Å². The van der Waals surface area contributed by atoms with Crippen molar-refractivity contribution < 1.29 is 22.7 Å². The Morgan fingerprint density at radius 1 is 0.879 bits per heavy atom. The van der Waals surface area contributed by atoms with Gasteiger partial charge in [0.1, 0.15) is 13.2 Å². The normalized spacial score (nSPS) is 21.3. The van der Waals surface area contributed by atoms with Gasteiger partial charge in [-0.3, -0.25) is 4.79 Å². The van der Waals surface area contributed by atoms with Crippen LogP contribution in [0.1, 0.15) is 24.3 Å². The Morgan fingerprint density at radius 2 is 1.55 bits per heavy atom. The molecular formula is C25H26N2O5S. The molecule has 2 aromatic carbocycles. The van der Waals surface area contributed by atoms with E-state index in [0.29, 0.717) is 56.8 Å². The molecule has 6 rings (SSSR count). The van der Waals surface area contributed by atoms with Crippen LogP contribution in [0.15, 0.2) is 64.6 Å². The number of fused-ring (bicyclic) bond motifs is 1.